The molecule has 0 radical (unpaired) electrons. The standard InChI is InChI=1S/C15H19N3O3S/c1-2-14-16-15(21-17-14)13-10-6-7-11-18(13)22(19,20)12-8-4-3-5-9-12/h3-5,8-9,13H,2,6-7,10-11H2,1H3/t13-/m0/s1. The Kier molecular flexibility index (Phi) is 4.26. The molecule has 7 heteroatoms. The van der Waals surface area contributed by atoms with Gasteiger partial charge in [-0.1, -0.05) is 36.7 Å². The summed E-state index contributed by atoms with van der Waals surface area (Å²) in [6.07, 6.45) is 3.17. The summed E-state index contributed by atoms with van der Waals surface area (Å²) >= 11 is 0. The molecule has 0 bridgehead atoms. The maximum atomic E-state index is 12.9. The molecule has 0 saturated carbocycles. The van der Waals surface area contributed by atoms with Crippen molar-refractivity contribution in [2.75, 3.05) is 6.54 Å². The molecule has 22 heavy (non-hydrogen) atoms. The molecule has 6 nitrogen and oxygen atoms in total. The lowest BCUT2D eigenvalue weighted by Gasteiger charge is -2.32. The van der Waals surface area contributed by atoms with Gasteiger partial charge in [-0.3, -0.25) is 0 Å². The van der Waals surface area contributed by atoms with Crippen LogP contribution in [0.3, 0.4) is 0 Å². The highest BCUT2D eigenvalue weighted by Crippen LogP contribution is 2.34. The Balaban J connectivity index is 1.96. The summed E-state index contributed by atoms with van der Waals surface area (Å²) in [4.78, 5) is 4.63. The molecule has 1 saturated heterocycles. The first-order chi connectivity index (χ1) is 10.6. The second-order valence-corrected chi connectivity index (χ2v) is 7.23. The lowest BCUT2D eigenvalue weighted by Crippen LogP contribution is -2.38. The molecule has 0 amide bonds. The van der Waals surface area contributed by atoms with Gasteiger partial charge in [0.25, 0.3) is 0 Å². The molecule has 2 heterocycles. The Morgan fingerprint density at radius 1 is 1.27 bits per heavy atom. The molecule has 118 valence electrons. The quantitative estimate of drug-likeness (QED) is 0.865. The topological polar surface area (TPSA) is 76.3 Å². The molecule has 0 aliphatic carbocycles. The molecule has 2 aromatic rings. The third kappa shape index (κ3) is 2.78. The fourth-order valence-electron chi connectivity index (χ4n) is 2.71. The van der Waals surface area contributed by atoms with Crippen molar-refractivity contribution in [3.8, 4) is 0 Å². The first-order valence-corrected chi connectivity index (χ1v) is 8.96. The van der Waals surface area contributed by atoms with Crippen LogP contribution in [0.4, 0.5) is 0 Å². The number of sulfonamides is 1. The van der Waals surface area contributed by atoms with Crippen molar-refractivity contribution in [1.29, 1.82) is 0 Å². The normalized spacial score (nSPS) is 20.1. The highest BCUT2D eigenvalue weighted by molar-refractivity contribution is 7.89. The maximum Gasteiger partial charge on any atom is 0.245 e. The molecule has 1 atom stereocenters. The Bertz CT molecular complexity index is 728. The lowest BCUT2D eigenvalue weighted by atomic mass is 10.1. The first kappa shape index (κ1) is 15.2. The van der Waals surface area contributed by atoms with Crippen molar-refractivity contribution in [2.24, 2.45) is 0 Å². The van der Waals surface area contributed by atoms with Crippen molar-refractivity contribution < 1.29 is 12.9 Å². The molecule has 1 aliphatic rings. The van der Waals surface area contributed by atoms with Crippen LogP contribution in [0.25, 0.3) is 0 Å². The van der Waals surface area contributed by atoms with Gasteiger partial charge in [-0.05, 0) is 25.0 Å². The Hall–Kier alpha value is -1.73. The Labute approximate surface area is 130 Å². The number of aryl methyl sites for hydroxylation is 1. The van der Waals surface area contributed by atoms with Crippen LogP contribution in [0.5, 0.6) is 0 Å². The van der Waals surface area contributed by atoms with Crippen LogP contribution >= 0.6 is 0 Å². The summed E-state index contributed by atoms with van der Waals surface area (Å²) in [6.45, 7) is 2.42. The number of benzene rings is 1. The van der Waals surface area contributed by atoms with Crippen LogP contribution < -0.4 is 0 Å². The molecule has 1 aliphatic heterocycles. The van der Waals surface area contributed by atoms with E-state index in [4.69, 9.17) is 4.52 Å². The molecule has 0 spiro atoms. The number of aromatic nitrogens is 2. The SMILES string of the molecule is CCc1noc([C@@H]2CCCCN2S(=O)(=O)c2ccccc2)n1. The van der Waals surface area contributed by atoms with Gasteiger partial charge in [-0.25, -0.2) is 8.42 Å². The zero-order chi connectivity index (χ0) is 15.6. The maximum absolute atomic E-state index is 12.9. The summed E-state index contributed by atoms with van der Waals surface area (Å²) < 4.78 is 32.6. The van der Waals surface area contributed by atoms with Crippen LogP contribution in [0, 0.1) is 0 Å². The predicted molar refractivity (Wildman–Crippen MR) is 80.6 cm³/mol. The van der Waals surface area contributed by atoms with Gasteiger partial charge in [0, 0.05) is 13.0 Å². The van der Waals surface area contributed by atoms with Crippen LogP contribution in [0.1, 0.15) is 43.9 Å². The number of piperidine rings is 1. The Morgan fingerprint density at radius 3 is 2.73 bits per heavy atom. The summed E-state index contributed by atoms with van der Waals surface area (Å²) in [6, 6.07) is 8.13. The van der Waals surface area contributed by atoms with Crippen LogP contribution in [0.2, 0.25) is 0 Å². The van der Waals surface area contributed by atoms with Crippen LogP contribution in [0.15, 0.2) is 39.8 Å². The minimum atomic E-state index is -3.55. The predicted octanol–water partition coefficient (Wildman–Crippen LogP) is 2.55. The van der Waals surface area contributed by atoms with E-state index in [-0.39, 0.29) is 6.04 Å². The molecule has 0 unspecified atom stereocenters. The van der Waals surface area contributed by atoms with Gasteiger partial charge in [0.1, 0.15) is 6.04 Å². The lowest BCUT2D eigenvalue weighted by molar-refractivity contribution is 0.204. The third-order valence-electron chi connectivity index (χ3n) is 3.89. The van der Waals surface area contributed by atoms with E-state index < -0.39 is 10.0 Å². The average molecular weight is 321 g/mol. The van der Waals surface area contributed by atoms with E-state index in [9.17, 15) is 8.42 Å². The van der Waals surface area contributed by atoms with Crippen molar-refractivity contribution in [2.45, 2.75) is 43.5 Å². The Morgan fingerprint density at radius 2 is 2.05 bits per heavy atom. The molecule has 1 aromatic heterocycles. The average Bonchev–Trinajstić information content (AvgIpc) is 3.05. The minimum absolute atomic E-state index is 0.303. The van der Waals surface area contributed by atoms with Gasteiger partial charge in [-0.2, -0.15) is 9.29 Å². The highest BCUT2D eigenvalue weighted by atomic mass is 32.2. The van der Waals surface area contributed by atoms with Crippen molar-refractivity contribution in [3.05, 3.63) is 42.0 Å². The zero-order valence-electron chi connectivity index (χ0n) is 12.5. The van der Waals surface area contributed by atoms with Crippen LogP contribution in [-0.4, -0.2) is 29.4 Å². The summed E-state index contributed by atoms with van der Waals surface area (Å²) in [5, 5.41) is 3.89. The highest BCUT2D eigenvalue weighted by Gasteiger charge is 2.37. The number of hydrogen-bond acceptors (Lipinski definition) is 5. The fourth-order valence-corrected chi connectivity index (χ4v) is 4.39. The van der Waals surface area contributed by atoms with Crippen LogP contribution in [-0.2, 0) is 16.4 Å². The van der Waals surface area contributed by atoms with Gasteiger partial charge in [0.05, 0.1) is 4.90 Å². The molecular weight excluding hydrogens is 302 g/mol. The zero-order valence-corrected chi connectivity index (χ0v) is 13.3. The molecule has 1 fully saturated rings. The van der Waals surface area contributed by atoms with Gasteiger partial charge in [0.15, 0.2) is 5.82 Å². The van der Waals surface area contributed by atoms with Crippen molar-refractivity contribution in [1.82, 2.24) is 14.4 Å². The second-order valence-electron chi connectivity index (χ2n) is 5.34. The van der Waals surface area contributed by atoms with E-state index in [2.05, 4.69) is 10.1 Å². The fraction of sp³-hybridized carbons (Fsp3) is 0.467. The first-order valence-electron chi connectivity index (χ1n) is 7.52. The van der Waals surface area contributed by atoms with E-state index in [1.54, 1.807) is 30.3 Å². The van der Waals surface area contributed by atoms with E-state index in [0.29, 0.717) is 36.0 Å². The smallest absolute Gasteiger partial charge is 0.245 e. The summed E-state index contributed by atoms with van der Waals surface area (Å²) in [5.74, 6) is 1.01. The van der Waals surface area contributed by atoms with Crippen molar-refractivity contribution >= 4 is 10.0 Å². The van der Waals surface area contributed by atoms with E-state index in [1.165, 1.54) is 4.31 Å². The van der Waals surface area contributed by atoms with Gasteiger partial charge < -0.3 is 4.52 Å². The van der Waals surface area contributed by atoms with Gasteiger partial charge >= 0.3 is 0 Å². The number of rotatable bonds is 4. The van der Waals surface area contributed by atoms with E-state index >= 15 is 0 Å². The molecule has 0 N–H and O–H groups in total. The van der Waals surface area contributed by atoms with Gasteiger partial charge in [-0.15, -0.1) is 0 Å². The summed E-state index contributed by atoms with van der Waals surface area (Å²) in [7, 11) is -3.55. The van der Waals surface area contributed by atoms with E-state index in [1.807, 2.05) is 6.92 Å². The molecule has 3 rings (SSSR count). The summed E-state index contributed by atoms with van der Waals surface area (Å²) in [5.41, 5.74) is 0. The van der Waals surface area contributed by atoms with Crippen molar-refractivity contribution in [3.63, 3.8) is 0 Å². The molecule has 1 aromatic carbocycles. The molecular formula is C15H19N3O3S. The largest absolute Gasteiger partial charge is 0.338 e. The third-order valence-corrected chi connectivity index (χ3v) is 5.81. The second kappa shape index (κ2) is 6.18. The van der Waals surface area contributed by atoms with E-state index in [0.717, 1.165) is 12.8 Å². The number of hydrogen-bond donors (Lipinski definition) is 0. The van der Waals surface area contributed by atoms with Gasteiger partial charge in [0.2, 0.25) is 15.9 Å². The minimum Gasteiger partial charge on any atom is -0.338 e. The number of nitrogens with zero attached hydrogens (tertiary/aromatic N) is 3. The monoisotopic (exact) mass is 321 g/mol.